The first-order valence-corrected chi connectivity index (χ1v) is 8.25. The molecule has 1 fully saturated rings. The molecule has 140 valence electrons. The highest BCUT2D eigenvalue weighted by atomic mass is 19.4. The Morgan fingerprint density at radius 3 is 2.30 bits per heavy atom. The molecule has 0 saturated carbocycles. The van der Waals surface area contributed by atoms with Crippen molar-refractivity contribution in [2.45, 2.75) is 6.18 Å². The van der Waals surface area contributed by atoms with Gasteiger partial charge in [0.25, 0.3) is 0 Å². The van der Waals surface area contributed by atoms with Gasteiger partial charge in [-0.3, -0.25) is 4.90 Å². The molecule has 0 radical (unpaired) electrons. The zero-order valence-electron chi connectivity index (χ0n) is 14.2. The highest BCUT2D eigenvalue weighted by Gasteiger charge is 2.32. The number of carbonyl (C=O) groups is 1. The summed E-state index contributed by atoms with van der Waals surface area (Å²) in [5, 5.41) is 8.76. The topological polar surface area (TPSA) is 56.6 Å². The van der Waals surface area contributed by atoms with E-state index in [1.807, 2.05) is 6.07 Å². The van der Waals surface area contributed by atoms with E-state index in [-0.39, 0.29) is 12.6 Å². The summed E-state index contributed by atoms with van der Waals surface area (Å²) in [7, 11) is 0. The van der Waals surface area contributed by atoms with Crippen molar-refractivity contribution in [2.24, 2.45) is 0 Å². The molecule has 0 aromatic heterocycles. The lowest BCUT2D eigenvalue weighted by molar-refractivity contribution is -0.137. The molecule has 0 unspecified atom stereocenters. The minimum absolute atomic E-state index is 0.266. The smallest absolute Gasteiger partial charge is 0.416 e. The number of rotatable bonds is 5. The molecule has 1 saturated heterocycles. The molecule has 2 aromatic rings. The van der Waals surface area contributed by atoms with Crippen LogP contribution in [0.15, 0.2) is 48.5 Å². The molecule has 27 heavy (non-hydrogen) atoms. The number of urea groups is 1. The summed E-state index contributed by atoms with van der Waals surface area (Å²) < 4.78 is 43.5. The number of hydrogen-bond donors (Lipinski definition) is 0. The molecule has 1 aliphatic heterocycles. The maximum absolute atomic E-state index is 12.6. The number of nitrogens with zero attached hydrogens (tertiary/aromatic N) is 3. The van der Waals surface area contributed by atoms with Gasteiger partial charge in [0.15, 0.2) is 0 Å². The number of carbonyl (C=O) groups excluding carboxylic acids is 1. The standard InChI is InChI=1S/C19H16F3N3O2/c20-19(21,22)15-3-5-16(6-4-15)25-10-9-24(18(25)26)11-12-27-17-7-1-14(13-23)2-8-17/h1-8H,9-12H2. The average Bonchev–Trinajstić information content (AvgIpc) is 3.02. The van der Waals surface area contributed by atoms with Crippen LogP contribution in [0.1, 0.15) is 11.1 Å². The maximum Gasteiger partial charge on any atom is 0.416 e. The normalized spacial score (nSPS) is 14.4. The summed E-state index contributed by atoms with van der Waals surface area (Å²) in [4.78, 5) is 15.5. The SMILES string of the molecule is N#Cc1ccc(OCCN2CCN(c3ccc(C(F)(F)F)cc3)C2=O)cc1. The third-order valence-corrected chi connectivity index (χ3v) is 4.21. The van der Waals surface area contributed by atoms with E-state index in [1.54, 1.807) is 29.2 Å². The van der Waals surface area contributed by atoms with E-state index in [1.165, 1.54) is 17.0 Å². The van der Waals surface area contributed by atoms with Gasteiger partial charge in [0, 0.05) is 18.8 Å². The van der Waals surface area contributed by atoms with Crippen LogP contribution < -0.4 is 9.64 Å². The highest BCUT2D eigenvalue weighted by Crippen LogP contribution is 2.31. The summed E-state index contributed by atoms with van der Waals surface area (Å²) >= 11 is 0. The van der Waals surface area contributed by atoms with Gasteiger partial charge in [-0.1, -0.05) is 0 Å². The zero-order chi connectivity index (χ0) is 19.4. The quantitative estimate of drug-likeness (QED) is 0.797. The summed E-state index contributed by atoms with van der Waals surface area (Å²) in [6.45, 7) is 1.51. The second-order valence-corrected chi connectivity index (χ2v) is 5.95. The number of hydrogen-bond acceptors (Lipinski definition) is 3. The largest absolute Gasteiger partial charge is 0.492 e. The first kappa shape index (κ1) is 18.6. The van der Waals surface area contributed by atoms with Crippen LogP contribution in [-0.2, 0) is 6.18 Å². The Balaban J connectivity index is 1.54. The Kier molecular flexibility index (Phi) is 5.21. The van der Waals surface area contributed by atoms with E-state index in [0.717, 1.165) is 12.1 Å². The lowest BCUT2D eigenvalue weighted by atomic mass is 10.2. The van der Waals surface area contributed by atoms with Gasteiger partial charge in [-0.05, 0) is 48.5 Å². The molecule has 0 atom stereocenters. The molecular formula is C19H16F3N3O2. The second kappa shape index (κ2) is 7.58. The van der Waals surface area contributed by atoms with Crippen LogP contribution in [0.2, 0.25) is 0 Å². The Hall–Kier alpha value is -3.21. The van der Waals surface area contributed by atoms with Crippen molar-refractivity contribution in [1.82, 2.24) is 4.90 Å². The number of halogens is 3. The van der Waals surface area contributed by atoms with Crippen LogP contribution in [0.4, 0.5) is 23.7 Å². The minimum Gasteiger partial charge on any atom is -0.492 e. The first-order chi connectivity index (χ1) is 12.9. The molecule has 5 nitrogen and oxygen atoms in total. The molecule has 0 bridgehead atoms. The van der Waals surface area contributed by atoms with Gasteiger partial charge in [-0.2, -0.15) is 18.4 Å². The maximum atomic E-state index is 12.6. The number of nitriles is 1. The Morgan fingerprint density at radius 1 is 1.04 bits per heavy atom. The van der Waals surface area contributed by atoms with Gasteiger partial charge in [0.05, 0.1) is 23.7 Å². The van der Waals surface area contributed by atoms with Crippen molar-refractivity contribution in [3.63, 3.8) is 0 Å². The monoisotopic (exact) mass is 375 g/mol. The molecule has 1 aliphatic rings. The molecule has 0 aliphatic carbocycles. The van der Waals surface area contributed by atoms with Crippen molar-refractivity contribution in [2.75, 3.05) is 31.1 Å². The Labute approximate surface area is 154 Å². The number of benzene rings is 2. The number of alkyl halides is 3. The van der Waals surface area contributed by atoms with E-state index in [0.29, 0.717) is 36.6 Å². The van der Waals surface area contributed by atoms with Crippen molar-refractivity contribution < 1.29 is 22.7 Å². The van der Waals surface area contributed by atoms with Crippen molar-refractivity contribution in [1.29, 1.82) is 5.26 Å². The predicted molar refractivity (Wildman–Crippen MR) is 92.4 cm³/mol. The van der Waals surface area contributed by atoms with E-state index in [2.05, 4.69) is 0 Å². The van der Waals surface area contributed by atoms with Crippen LogP contribution in [0.5, 0.6) is 5.75 Å². The molecule has 3 rings (SSSR count). The van der Waals surface area contributed by atoms with Gasteiger partial charge in [-0.25, -0.2) is 4.79 Å². The van der Waals surface area contributed by atoms with Crippen LogP contribution >= 0.6 is 0 Å². The fourth-order valence-corrected chi connectivity index (χ4v) is 2.76. The number of ether oxygens (including phenoxy) is 1. The number of anilines is 1. The van der Waals surface area contributed by atoms with Crippen LogP contribution in [-0.4, -0.2) is 37.2 Å². The fourth-order valence-electron chi connectivity index (χ4n) is 2.76. The zero-order valence-corrected chi connectivity index (χ0v) is 14.2. The predicted octanol–water partition coefficient (Wildman–Crippen LogP) is 3.90. The van der Waals surface area contributed by atoms with Gasteiger partial charge in [0.2, 0.25) is 0 Å². The third kappa shape index (κ3) is 4.31. The van der Waals surface area contributed by atoms with Crippen molar-refractivity contribution in [3.8, 4) is 11.8 Å². The van der Waals surface area contributed by atoms with E-state index in [4.69, 9.17) is 10.00 Å². The molecular weight excluding hydrogens is 359 g/mol. The average molecular weight is 375 g/mol. The third-order valence-electron chi connectivity index (χ3n) is 4.21. The molecule has 1 heterocycles. The Bertz CT molecular complexity index is 842. The van der Waals surface area contributed by atoms with Gasteiger partial charge < -0.3 is 9.64 Å². The lowest BCUT2D eigenvalue weighted by Gasteiger charge is -2.19. The molecule has 0 spiro atoms. The van der Waals surface area contributed by atoms with Crippen molar-refractivity contribution >= 4 is 11.7 Å². The lowest BCUT2D eigenvalue weighted by Crippen LogP contribution is -2.34. The molecule has 8 heteroatoms. The van der Waals surface area contributed by atoms with Crippen LogP contribution in [0.25, 0.3) is 0 Å². The van der Waals surface area contributed by atoms with Crippen LogP contribution in [0, 0.1) is 11.3 Å². The number of amides is 2. The first-order valence-electron chi connectivity index (χ1n) is 8.25. The van der Waals surface area contributed by atoms with Crippen LogP contribution in [0.3, 0.4) is 0 Å². The summed E-state index contributed by atoms with van der Waals surface area (Å²) in [6, 6.07) is 12.9. The second-order valence-electron chi connectivity index (χ2n) is 5.95. The molecule has 2 aromatic carbocycles. The minimum atomic E-state index is -4.40. The van der Waals surface area contributed by atoms with Crippen molar-refractivity contribution in [3.05, 3.63) is 59.7 Å². The van der Waals surface area contributed by atoms with Gasteiger partial charge >= 0.3 is 12.2 Å². The summed E-state index contributed by atoms with van der Waals surface area (Å²) in [5.74, 6) is 0.597. The van der Waals surface area contributed by atoms with Gasteiger partial charge in [-0.15, -0.1) is 0 Å². The molecule has 0 N–H and O–H groups in total. The van der Waals surface area contributed by atoms with E-state index in [9.17, 15) is 18.0 Å². The highest BCUT2D eigenvalue weighted by molar-refractivity contribution is 5.94. The van der Waals surface area contributed by atoms with Gasteiger partial charge in [0.1, 0.15) is 12.4 Å². The summed E-state index contributed by atoms with van der Waals surface area (Å²) in [6.07, 6.45) is -4.40. The molecule has 2 amide bonds. The van der Waals surface area contributed by atoms with E-state index < -0.39 is 11.7 Å². The van der Waals surface area contributed by atoms with E-state index >= 15 is 0 Å². The summed E-state index contributed by atoms with van der Waals surface area (Å²) in [5.41, 5.74) is 0.221. The Morgan fingerprint density at radius 2 is 1.70 bits per heavy atom. The fraction of sp³-hybridized carbons (Fsp3) is 0.263.